The van der Waals surface area contributed by atoms with Gasteiger partial charge in [0.05, 0.1) is 4.47 Å². The summed E-state index contributed by atoms with van der Waals surface area (Å²) in [5, 5.41) is 2.75. The molecular weight excluding hydrogens is 351 g/mol. The van der Waals surface area contributed by atoms with E-state index in [0.717, 1.165) is 5.56 Å². The van der Waals surface area contributed by atoms with Gasteiger partial charge in [-0.05, 0) is 58.2 Å². The van der Waals surface area contributed by atoms with Crippen LogP contribution in [0.2, 0.25) is 0 Å². The van der Waals surface area contributed by atoms with Crippen molar-refractivity contribution in [3.05, 3.63) is 69.4 Å². The first-order valence-corrected chi connectivity index (χ1v) is 7.38. The van der Waals surface area contributed by atoms with Crippen LogP contribution in [0.3, 0.4) is 0 Å². The van der Waals surface area contributed by atoms with Crippen molar-refractivity contribution >= 4 is 27.7 Å². The van der Waals surface area contributed by atoms with Crippen LogP contribution in [0.25, 0.3) is 0 Å². The molecule has 0 aliphatic carbocycles. The molecule has 0 bridgehead atoms. The molecule has 0 aliphatic heterocycles. The molecule has 0 radical (unpaired) electrons. The maximum Gasteiger partial charge on any atom is 0.251 e. The largest absolute Gasteiger partial charge is 0.366 e. The number of carbonyl (C=O) groups excluding carboxylic acids is 2. The van der Waals surface area contributed by atoms with E-state index < -0.39 is 5.91 Å². The minimum Gasteiger partial charge on any atom is -0.366 e. The lowest BCUT2D eigenvalue weighted by Gasteiger charge is -2.07. The second-order valence-corrected chi connectivity index (χ2v) is 5.55. The molecule has 0 aromatic heterocycles. The molecule has 0 saturated carbocycles. The lowest BCUT2D eigenvalue weighted by atomic mass is 10.1. The van der Waals surface area contributed by atoms with Crippen LogP contribution >= 0.6 is 15.9 Å². The van der Waals surface area contributed by atoms with E-state index >= 15 is 0 Å². The van der Waals surface area contributed by atoms with Crippen molar-refractivity contribution in [1.82, 2.24) is 5.32 Å². The number of benzene rings is 2. The Balaban J connectivity index is 1.94. The van der Waals surface area contributed by atoms with Crippen LogP contribution in [0.5, 0.6) is 0 Å². The highest BCUT2D eigenvalue weighted by atomic mass is 79.9. The van der Waals surface area contributed by atoms with Gasteiger partial charge < -0.3 is 11.1 Å². The Morgan fingerprint density at radius 3 is 2.55 bits per heavy atom. The van der Waals surface area contributed by atoms with Gasteiger partial charge in [0.15, 0.2) is 0 Å². The minimum atomic E-state index is -0.578. The fourth-order valence-electron chi connectivity index (χ4n) is 1.93. The quantitative estimate of drug-likeness (QED) is 0.855. The van der Waals surface area contributed by atoms with Crippen LogP contribution < -0.4 is 11.1 Å². The fourth-order valence-corrected chi connectivity index (χ4v) is 2.36. The third-order valence-corrected chi connectivity index (χ3v) is 3.70. The van der Waals surface area contributed by atoms with Crippen molar-refractivity contribution in [3.8, 4) is 0 Å². The first-order valence-electron chi connectivity index (χ1n) is 6.59. The van der Waals surface area contributed by atoms with Gasteiger partial charge in [-0.25, -0.2) is 4.39 Å². The van der Waals surface area contributed by atoms with Crippen LogP contribution in [-0.4, -0.2) is 18.4 Å². The number of primary amides is 1. The van der Waals surface area contributed by atoms with E-state index in [9.17, 15) is 14.0 Å². The van der Waals surface area contributed by atoms with Crippen LogP contribution in [0.15, 0.2) is 46.9 Å². The Hall–Kier alpha value is -2.21. The summed E-state index contributed by atoms with van der Waals surface area (Å²) in [5.41, 5.74) is 6.74. The Kier molecular flexibility index (Phi) is 5.27. The lowest BCUT2D eigenvalue weighted by Crippen LogP contribution is -2.26. The number of hydrogen-bond donors (Lipinski definition) is 2. The normalized spacial score (nSPS) is 10.3. The van der Waals surface area contributed by atoms with E-state index in [1.807, 2.05) is 0 Å². The molecule has 0 heterocycles. The second-order valence-electron chi connectivity index (χ2n) is 4.70. The highest BCUT2D eigenvalue weighted by Crippen LogP contribution is 2.17. The van der Waals surface area contributed by atoms with Crippen molar-refractivity contribution < 1.29 is 14.0 Å². The van der Waals surface area contributed by atoms with Crippen molar-refractivity contribution in [1.29, 1.82) is 0 Å². The van der Waals surface area contributed by atoms with Crippen molar-refractivity contribution in [2.75, 3.05) is 6.54 Å². The molecule has 2 aromatic rings. The summed E-state index contributed by atoms with van der Waals surface area (Å²) in [4.78, 5) is 23.1. The standard InChI is InChI=1S/C16H14BrFN2O2/c17-13-8-10(4-5-14(13)18)6-7-20-16(22)12-3-1-2-11(9-12)15(19)21/h1-5,8-9H,6-7H2,(H2,19,21)(H,20,22). The van der Waals surface area contributed by atoms with Crippen molar-refractivity contribution in [3.63, 3.8) is 0 Å². The van der Waals surface area contributed by atoms with E-state index in [1.165, 1.54) is 12.1 Å². The molecule has 6 heteroatoms. The summed E-state index contributed by atoms with van der Waals surface area (Å²) < 4.78 is 13.5. The van der Waals surface area contributed by atoms with Gasteiger partial charge in [-0.2, -0.15) is 0 Å². The smallest absolute Gasteiger partial charge is 0.251 e. The SMILES string of the molecule is NC(=O)c1cccc(C(=O)NCCc2ccc(F)c(Br)c2)c1. The maximum absolute atomic E-state index is 13.1. The predicted molar refractivity (Wildman–Crippen MR) is 85.1 cm³/mol. The molecule has 0 saturated heterocycles. The molecule has 22 heavy (non-hydrogen) atoms. The third kappa shape index (κ3) is 4.14. The Bertz CT molecular complexity index is 719. The van der Waals surface area contributed by atoms with Gasteiger partial charge in [0.1, 0.15) is 5.82 Å². The highest BCUT2D eigenvalue weighted by molar-refractivity contribution is 9.10. The lowest BCUT2D eigenvalue weighted by molar-refractivity contribution is 0.0954. The predicted octanol–water partition coefficient (Wildman–Crippen LogP) is 2.66. The molecule has 114 valence electrons. The summed E-state index contributed by atoms with van der Waals surface area (Å²) in [6, 6.07) is 10.9. The maximum atomic E-state index is 13.1. The summed E-state index contributed by atoms with van der Waals surface area (Å²) >= 11 is 3.12. The number of nitrogens with one attached hydrogen (secondary N) is 1. The first-order chi connectivity index (χ1) is 10.5. The molecule has 2 aromatic carbocycles. The second kappa shape index (κ2) is 7.17. The van der Waals surface area contributed by atoms with Crippen LogP contribution in [0, 0.1) is 5.82 Å². The molecule has 0 spiro atoms. The average molecular weight is 365 g/mol. The number of carbonyl (C=O) groups is 2. The molecule has 0 atom stereocenters. The van der Waals surface area contributed by atoms with Gasteiger partial charge in [-0.1, -0.05) is 12.1 Å². The van der Waals surface area contributed by atoms with E-state index in [2.05, 4.69) is 21.2 Å². The van der Waals surface area contributed by atoms with E-state index in [1.54, 1.807) is 30.3 Å². The van der Waals surface area contributed by atoms with Crippen LogP contribution in [0.1, 0.15) is 26.3 Å². The molecular formula is C16H14BrFN2O2. The zero-order valence-corrected chi connectivity index (χ0v) is 13.2. The summed E-state index contributed by atoms with van der Waals surface area (Å²) in [6.45, 7) is 0.401. The van der Waals surface area contributed by atoms with Crippen molar-refractivity contribution in [2.24, 2.45) is 5.73 Å². The number of nitrogens with two attached hydrogens (primary N) is 1. The van der Waals surface area contributed by atoms with Gasteiger partial charge in [0, 0.05) is 17.7 Å². The number of amides is 2. The zero-order valence-electron chi connectivity index (χ0n) is 11.6. The van der Waals surface area contributed by atoms with Crippen LogP contribution in [-0.2, 0) is 6.42 Å². The first kappa shape index (κ1) is 16.2. The molecule has 3 N–H and O–H groups in total. The number of rotatable bonds is 5. The third-order valence-electron chi connectivity index (χ3n) is 3.09. The van der Waals surface area contributed by atoms with Crippen molar-refractivity contribution in [2.45, 2.75) is 6.42 Å². The Morgan fingerprint density at radius 2 is 1.86 bits per heavy atom. The molecule has 2 rings (SSSR count). The van der Waals surface area contributed by atoms with Gasteiger partial charge in [0.2, 0.25) is 5.91 Å². The Morgan fingerprint density at radius 1 is 1.14 bits per heavy atom. The van der Waals surface area contributed by atoms with Gasteiger partial charge in [-0.3, -0.25) is 9.59 Å². The molecule has 2 amide bonds. The molecule has 0 unspecified atom stereocenters. The number of halogens is 2. The fraction of sp³-hybridized carbons (Fsp3) is 0.125. The zero-order chi connectivity index (χ0) is 16.1. The molecule has 0 aliphatic rings. The Labute approximate surface area is 135 Å². The summed E-state index contributed by atoms with van der Waals surface area (Å²) in [6.07, 6.45) is 0.570. The molecule has 0 fully saturated rings. The topological polar surface area (TPSA) is 72.2 Å². The molecule has 4 nitrogen and oxygen atoms in total. The summed E-state index contributed by atoms with van der Waals surface area (Å²) in [5.74, 6) is -1.19. The summed E-state index contributed by atoms with van der Waals surface area (Å²) in [7, 11) is 0. The average Bonchev–Trinajstić information content (AvgIpc) is 2.51. The van der Waals surface area contributed by atoms with Gasteiger partial charge in [0.25, 0.3) is 5.91 Å². The van der Waals surface area contributed by atoms with Gasteiger partial charge in [-0.15, -0.1) is 0 Å². The van der Waals surface area contributed by atoms with Crippen LogP contribution in [0.4, 0.5) is 4.39 Å². The van der Waals surface area contributed by atoms with E-state index in [4.69, 9.17) is 5.73 Å². The monoisotopic (exact) mass is 364 g/mol. The highest BCUT2D eigenvalue weighted by Gasteiger charge is 2.08. The van der Waals surface area contributed by atoms with E-state index in [-0.39, 0.29) is 17.3 Å². The van der Waals surface area contributed by atoms with Gasteiger partial charge >= 0.3 is 0 Å². The minimum absolute atomic E-state index is 0.287. The number of hydrogen-bond acceptors (Lipinski definition) is 2. The van der Waals surface area contributed by atoms with E-state index in [0.29, 0.717) is 23.0 Å².